The Labute approximate surface area is 171 Å². The van der Waals surface area contributed by atoms with Gasteiger partial charge in [0.2, 0.25) is 15.9 Å². The van der Waals surface area contributed by atoms with E-state index in [1.807, 2.05) is 12.1 Å². The van der Waals surface area contributed by atoms with Gasteiger partial charge >= 0.3 is 0 Å². The highest BCUT2D eigenvalue weighted by molar-refractivity contribution is 7.89. The normalized spacial score (nSPS) is 20.2. The monoisotopic (exact) mass is 414 g/mol. The van der Waals surface area contributed by atoms with E-state index >= 15 is 0 Å². The highest BCUT2D eigenvalue weighted by atomic mass is 32.2. The molecule has 2 aromatic carbocycles. The van der Waals surface area contributed by atoms with E-state index in [9.17, 15) is 13.2 Å². The van der Waals surface area contributed by atoms with Crippen LogP contribution in [-0.2, 0) is 21.2 Å². The molecule has 29 heavy (non-hydrogen) atoms. The first-order chi connectivity index (χ1) is 14.0. The smallest absolute Gasteiger partial charge is 0.243 e. The number of nitrogens with one attached hydrogen (secondary N) is 1. The molecule has 1 aliphatic heterocycles. The van der Waals surface area contributed by atoms with Crippen LogP contribution < -0.4 is 10.1 Å². The topological polar surface area (TPSA) is 75.7 Å². The van der Waals surface area contributed by atoms with Crippen LogP contribution in [0.25, 0.3) is 0 Å². The maximum atomic E-state index is 12.9. The molecule has 6 nitrogen and oxygen atoms in total. The molecule has 154 valence electrons. The minimum Gasteiger partial charge on any atom is -0.497 e. The number of sulfonamides is 1. The Bertz CT molecular complexity index is 980. The molecule has 0 radical (unpaired) electrons. The molecule has 7 heteroatoms. The van der Waals surface area contributed by atoms with Crippen molar-refractivity contribution < 1.29 is 17.9 Å². The number of fused-ring (bicyclic) bond motifs is 1. The first-order valence-corrected chi connectivity index (χ1v) is 11.5. The number of methoxy groups -OCH3 is 1. The van der Waals surface area contributed by atoms with Crippen molar-refractivity contribution in [1.82, 2.24) is 9.62 Å². The standard InChI is InChI=1S/C22H26N2O4S/c1-28-18-7-9-19(10-8-18)29(26,27)24-14-12-17(13-15-24)22(25)23-21-11-6-16-4-2-3-5-20(16)21/h2-5,7-10,17,21H,6,11-15H2,1H3,(H,23,25)/t21-/m0/s1. The molecule has 0 bridgehead atoms. The summed E-state index contributed by atoms with van der Waals surface area (Å²) in [6, 6.07) is 14.7. The SMILES string of the molecule is COc1ccc(S(=O)(=O)N2CCC(C(=O)N[C@H]3CCc4ccccc43)CC2)cc1. The Balaban J connectivity index is 1.36. The average Bonchev–Trinajstić information content (AvgIpc) is 3.16. The molecule has 2 aliphatic rings. The summed E-state index contributed by atoms with van der Waals surface area (Å²) in [5, 5.41) is 3.18. The van der Waals surface area contributed by atoms with Gasteiger partial charge in [0.05, 0.1) is 18.0 Å². The van der Waals surface area contributed by atoms with Crippen molar-refractivity contribution in [3.05, 3.63) is 59.7 Å². The van der Waals surface area contributed by atoms with E-state index in [1.54, 1.807) is 31.4 Å². The van der Waals surface area contributed by atoms with Gasteiger partial charge in [-0.05, 0) is 61.1 Å². The zero-order valence-corrected chi connectivity index (χ0v) is 17.3. The van der Waals surface area contributed by atoms with Gasteiger partial charge in [-0.1, -0.05) is 24.3 Å². The summed E-state index contributed by atoms with van der Waals surface area (Å²) in [6.07, 6.45) is 2.99. The van der Waals surface area contributed by atoms with Gasteiger partial charge in [0.15, 0.2) is 0 Å². The lowest BCUT2D eigenvalue weighted by atomic mass is 9.96. The first-order valence-electron chi connectivity index (χ1n) is 10.0. The van der Waals surface area contributed by atoms with Crippen LogP contribution in [0.2, 0.25) is 0 Å². The first kappa shape index (κ1) is 19.9. The van der Waals surface area contributed by atoms with E-state index in [1.165, 1.54) is 15.4 Å². The van der Waals surface area contributed by atoms with Crippen LogP contribution in [0.1, 0.15) is 36.4 Å². The van der Waals surface area contributed by atoms with Gasteiger partial charge in [-0.25, -0.2) is 8.42 Å². The second kappa shape index (κ2) is 8.16. The quantitative estimate of drug-likeness (QED) is 0.816. The molecule has 4 rings (SSSR count). The zero-order valence-electron chi connectivity index (χ0n) is 16.5. The van der Waals surface area contributed by atoms with E-state index in [2.05, 4.69) is 17.4 Å². The van der Waals surface area contributed by atoms with Crippen LogP contribution in [0, 0.1) is 5.92 Å². The molecule has 1 atom stereocenters. The summed E-state index contributed by atoms with van der Waals surface area (Å²) >= 11 is 0. The molecule has 2 aromatic rings. The number of hydrogen-bond donors (Lipinski definition) is 1. The predicted octanol–water partition coefficient (Wildman–Crippen LogP) is 2.90. The molecule has 0 spiro atoms. The van der Waals surface area contributed by atoms with Gasteiger partial charge < -0.3 is 10.1 Å². The maximum Gasteiger partial charge on any atom is 0.243 e. The number of ether oxygens (including phenoxy) is 1. The third kappa shape index (κ3) is 4.02. The van der Waals surface area contributed by atoms with E-state index in [0.29, 0.717) is 31.7 Å². The lowest BCUT2D eigenvalue weighted by molar-refractivity contribution is -0.126. The van der Waals surface area contributed by atoms with Crippen molar-refractivity contribution in [2.24, 2.45) is 5.92 Å². The molecule has 1 heterocycles. The molecule has 1 aliphatic carbocycles. The van der Waals surface area contributed by atoms with Crippen molar-refractivity contribution in [3.63, 3.8) is 0 Å². The second-order valence-electron chi connectivity index (χ2n) is 7.65. The molecule has 1 amide bonds. The van der Waals surface area contributed by atoms with E-state index < -0.39 is 10.0 Å². The van der Waals surface area contributed by atoms with Crippen molar-refractivity contribution >= 4 is 15.9 Å². The number of benzene rings is 2. The number of rotatable bonds is 5. The average molecular weight is 415 g/mol. The zero-order chi connectivity index (χ0) is 20.4. The molecular weight excluding hydrogens is 388 g/mol. The Kier molecular flexibility index (Phi) is 5.61. The lowest BCUT2D eigenvalue weighted by Crippen LogP contribution is -2.43. The van der Waals surface area contributed by atoms with Crippen LogP contribution in [0.3, 0.4) is 0 Å². The highest BCUT2D eigenvalue weighted by Crippen LogP contribution is 2.32. The summed E-state index contributed by atoms with van der Waals surface area (Å²) in [4.78, 5) is 13.0. The maximum absolute atomic E-state index is 12.9. The predicted molar refractivity (Wildman–Crippen MR) is 110 cm³/mol. The fourth-order valence-electron chi connectivity index (χ4n) is 4.25. The molecule has 1 N–H and O–H groups in total. The number of aryl methyl sites for hydroxylation is 1. The number of amides is 1. The van der Waals surface area contributed by atoms with Crippen molar-refractivity contribution in [3.8, 4) is 5.75 Å². The fourth-order valence-corrected chi connectivity index (χ4v) is 5.72. The van der Waals surface area contributed by atoms with Crippen LogP contribution in [-0.4, -0.2) is 38.8 Å². The summed E-state index contributed by atoms with van der Waals surface area (Å²) in [6.45, 7) is 0.710. The second-order valence-corrected chi connectivity index (χ2v) is 9.59. The van der Waals surface area contributed by atoms with Gasteiger partial charge in [-0.3, -0.25) is 4.79 Å². The molecule has 1 saturated heterocycles. The summed E-state index contributed by atoms with van der Waals surface area (Å²) in [5.74, 6) is 0.506. The lowest BCUT2D eigenvalue weighted by Gasteiger charge is -2.31. The van der Waals surface area contributed by atoms with E-state index in [0.717, 1.165) is 12.8 Å². The van der Waals surface area contributed by atoms with Gasteiger partial charge in [-0.15, -0.1) is 0 Å². The van der Waals surface area contributed by atoms with Crippen molar-refractivity contribution in [1.29, 1.82) is 0 Å². The van der Waals surface area contributed by atoms with Crippen LogP contribution in [0.4, 0.5) is 0 Å². The number of carbonyl (C=O) groups is 1. The van der Waals surface area contributed by atoms with Gasteiger partial charge in [0, 0.05) is 19.0 Å². The summed E-state index contributed by atoms with van der Waals surface area (Å²) in [7, 11) is -2.01. The molecular formula is C22H26N2O4S. The summed E-state index contributed by atoms with van der Waals surface area (Å²) < 4.78 is 32.3. The number of carbonyl (C=O) groups excluding carboxylic acids is 1. The number of nitrogens with zero attached hydrogens (tertiary/aromatic N) is 1. The van der Waals surface area contributed by atoms with Crippen molar-refractivity contribution in [2.45, 2.75) is 36.6 Å². The van der Waals surface area contributed by atoms with Crippen LogP contribution >= 0.6 is 0 Å². The number of piperidine rings is 1. The number of hydrogen-bond acceptors (Lipinski definition) is 4. The largest absolute Gasteiger partial charge is 0.497 e. The Hall–Kier alpha value is -2.38. The molecule has 1 fully saturated rings. The van der Waals surface area contributed by atoms with Gasteiger partial charge in [0.25, 0.3) is 0 Å². The van der Waals surface area contributed by atoms with Crippen molar-refractivity contribution in [2.75, 3.05) is 20.2 Å². The summed E-state index contributed by atoms with van der Waals surface area (Å²) in [5.41, 5.74) is 2.51. The third-order valence-electron chi connectivity index (χ3n) is 5.97. The van der Waals surface area contributed by atoms with Crippen LogP contribution in [0.15, 0.2) is 53.4 Å². The van der Waals surface area contributed by atoms with E-state index in [-0.39, 0.29) is 22.8 Å². The Morgan fingerprint density at radius 3 is 2.41 bits per heavy atom. The van der Waals surface area contributed by atoms with E-state index in [4.69, 9.17) is 4.74 Å². The fraction of sp³-hybridized carbons (Fsp3) is 0.409. The Morgan fingerprint density at radius 1 is 1.03 bits per heavy atom. The minimum atomic E-state index is -3.55. The third-order valence-corrected chi connectivity index (χ3v) is 7.88. The van der Waals surface area contributed by atoms with Crippen LogP contribution in [0.5, 0.6) is 5.75 Å². The Morgan fingerprint density at radius 2 is 1.72 bits per heavy atom. The molecule has 0 saturated carbocycles. The molecule has 0 unspecified atom stereocenters. The van der Waals surface area contributed by atoms with Gasteiger partial charge in [0.1, 0.15) is 5.75 Å². The minimum absolute atomic E-state index is 0.0354. The molecule has 0 aromatic heterocycles. The highest BCUT2D eigenvalue weighted by Gasteiger charge is 2.33. The van der Waals surface area contributed by atoms with Gasteiger partial charge in [-0.2, -0.15) is 4.31 Å².